The van der Waals surface area contributed by atoms with Gasteiger partial charge in [0.2, 0.25) is 0 Å². The average Bonchev–Trinajstić information content (AvgIpc) is 2.97. The Labute approximate surface area is 187 Å². The van der Waals surface area contributed by atoms with Crippen LogP contribution in [0.15, 0.2) is 54.1 Å². The molecule has 1 unspecified atom stereocenters. The van der Waals surface area contributed by atoms with E-state index in [-0.39, 0.29) is 17.4 Å². The molecule has 1 fully saturated rings. The second-order valence-corrected chi connectivity index (χ2v) is 8.47. The number of likely N-dealkylation sites (N-methyl/N-ethyl adjacent to an activating group) is 1. The molecular weight excluding hydrogens is 416 g/mol. The quantitative estimate of drug-likeness (QED) is 0.397. The van der Waals surface area contributed by atoms with Gasteiger partial charge in [0.05, 0.1) is 17.7 Å². The number of ketones is 1. The van der Waals surface area contributed by atoms with Crippen molar-refractivity contribution in [1.29, 1.82) is 0 Å². The van der Waals surface area contributed by atoms with Gasteiger partial charge in [-0.15, -0.1) is 0 Å². The molecule has 1 saturated heterocycles. The van der Waals surface area contributed by atoms with Gasteiger partial charge in [-0.3, -0.25) is 9.59 Å². The predicted molar refractivity (Wildman–Crippen MR) is 121 cm³/mol. The summed E-state index contributed by atoms with van der Waals surface area (Å²) >= 11 is 6.03. The van der Waals surface area contributed by atoms with E-state index in [1.54, 1.807) is 48.5 Å². The van der Waals surface area contributed by atoms with Crippen LogP contribution in [0.4, 0.5) is 0 Å². The Kier molecular flexibility index (Phi) is 7.03. The first-order valence-electron chi connectivity index (χ1n) is 10.1. The molecule has 0 aliphatic carbocycles. The number of aliphatic hydroxyl groups is 1. The van der Waals surface area contributed by atoms with Crippen molar-refractivity contribution in [2.24, 2.45) is 0 Å². The average molecular weight is 443 g/mol. The SMILES string of the molecule is CC(C)Oc1ccc(/C(O)=C2/C(=O)C(=O)N(CCN(C)C)C2c2ccc(Cl)cc2)cc1. The van der Waals surface area contributed by atoms with Crippen LogP contribution in [0.1, 0.15) is 31.0 Å². The Morgan fingerprint density at radius 3 is 2.26 bits per heavy atom. The summed E-state index contributed by atoms with van der Waals surface area (Å²) < 4.78 is 5.64. The number of nitrogens with zero attached hydrogens (tertiary/aromatic N) is 2. The Hall–Kier alpha value is -2.83. The number of ether oxygens (including phenoxy) is 1. The molecule has 0 aromatic heterocycles. The van der Waals surface area contributed by atoms with E-state index in [0.29, 0.717) is 35.0 Å². The monoisotopic (exact) mass is 442 g/mol. The van der Waals surface area contributed by atoms with Gasteiger partial charge in [-0.1, -0.05) is 23.7 Å². The Bertz CT molecular complexity index is 982. The second-order valence-electron chi connectivity index (χ2n) is 8.04. The first-order valence-corrected chi connectivity index (χ1v) is 10.5. The van der Waals surface area contributed by atoms with Gasteiger partial charge in [0.25, 0.3) is 11.7 Å². The maximum atomic E-state index is 13.0. The molecular formula is C24H27ClN2O4. The number of benzene rings is 2. The van der Waals surface area contributed by atoms with Crippen LogP contribution in [0.3, 0.4) is 0 Å². The Morgan fingerprint density at radius 1 is 1.10 bits per heavy atom. The van der Waals surface area contributed by atoms with E-state index < -0.39 is 17.7 Å². The summed E-state index contributed by atoms with van der Waals surface area (Å²) in [6, 6.07) is 13.1. The molecule has 1 atom stereocenters. The van der Waals surface area contributed by atoms with Crippen molar-refractivity contribution in [1.82, 2.24) is 9.80 Å². The van der Waals surface area contributed by atoms with Gasteiger partial charge in [-0.2, -0.15) is 0 Å². The molecule has 0 radical (unpaired) electrons. The number of likely N-dealkylation sites (tertiary alicyclic amines) is 1. The number of aliphatic hydroxyl groups excluding tert-OH is 1. The minimum Gasteiger partial charge on any atom is -0.507 e. The molecule has 7 heteroatoms. The van der Waals surface area contributed by atoms with Crippen LogP contribution in [0.2, 0.25) is 5.02 Å². The van der Waals surface area contributed by atoms with Crippen LogP contribution in [-0.2, 0) is 9.59 Å². The van der Waals surface area contributed by atoms with E-state index >= 15 is 0 Å². The molecule has 1 aliphatic rings. The number of amides is 1. The van der Waals surface area contributed by atoms with Crippen LogP contribution in [-0.4, -0.2) is 59.9 Å². The first-order chi connectivity index (χ1) is 14.7. The molecule has 1 aliphatic heterocycles. The zero-order valence-electron chi connectivity index (χ0n) is 18.1. The van der Waals surface area contributed by atoms with Gasteiger partial charge in [0.1, 0.15) is 11.5 Å². The standard InChI is InChI=1S/C24H27ClN2O4/c1-15(2)31-19-11-7-17(8-12-19)22(28)20-21(16-5-9-18(25)10-6-16)27(14-13-26(3)4)24(30)23(20)29/h5-12,15,21,28H,13-14H2,1-4H3/b22-20-. The summed E-state index contributed by atoms with van der Waals surface area (Å²) in [5.41, 5.74) is 1.23. The van der Waals surface area contributed by atoms with Crippen LogP contribution in [0.5, 0.6) is 5.75 Å². The molecule has 0 saturated carbocycles. The summed E-state index contributed by atoms with van der Waals surface area (Å²) in [6.45, 7) is 4.78. The summed E-state index contributed by atoms with van der Waals surface area (Å²) in [5.74, 6) is -0.865. The molecule has 2 aromatic rings. The van der Waals surface area contributed by atoms with Gasteiger partial charge in [0.15, 0.2) is 0 Å². The molecule has 164 valence electrons. The highest BCUT2D eigenvalue weighted by molar-refractivity contribution is 6.46. The Morgan fingerprint density at radius 2 is 1.71 bits per heavy atom. The molecule has 0 spiro atoms. The fourth-order valence-corrected chi connectivity index (χ4v) is 3.66. The van der Waals surface area contributed by atoms with Gasteiger partial charge < -0.3 is 19.6 Å². The molecule has 3 rings (SSSR count). The third-order valence-corrected chi connectivity index (χ3v) is 5.27. The van der Waals surface area contributed by atoms with E-state index in [9.17, 15) is 14.7 Å². The highest BCUT2D eigenvalue weighted by atomic mass is 35.5. The zero-order valence-corrected chi connectivity index (χ0v) is 18.9. The lowest BCUT2D eigenvalue weighted by Gasteiger charge is -2.26. The van der Waals surface area contributed by atoms with E-state index in [0.717, 1.165) is 0 Å². The molecule has 1 N–H and O–H groups in total. The maximum absolute atomic E-state index is 13.0. The van der Waals surface area contributed by atoms with E-state index in [2.05, 4.69) is 0 Å². The van der Waals surface area contributed by atoms with Crippen LogP contribution in [0, 0.1) is 0 Å². The lowest BCUT2D eigenvalue weighted by Crippen LogP contribution is -2.35. The third kappa shape index (κ3) is 5.09. The van der Waals surface area contributed by atoms with Gasteiger partial charge in [0, 0.05) is 23.7 Å². The molecule has 2 aromatic carbocycles. The van der Waals surface area contributed by atoms with Crippen molar-refractivity contribution >= 4 is 29.1 Å². The number of carbonyl (C=O) groups excluding carboxylic acids is 2. The number of Topliss-reactive ketones (excluding diaryl/α,β-unsaturated/α-hetero) is 1. The summed E-state index contributed by atoms with van der Waals surface area (Å²) in [4.78, 5) is 29.3. The van der Waals surface area contributed by atoms with Crippen molar-refractivity contribution in [3.8, 4) is 5.75 Å². The van der Waals surface area contributed by atoms with Crippen LogP contribution in [0.25, 0.3) is 5.76 Å². The maximum Gasteiger partial charge on any atom is 0.295 e. The highest BCUT2D eigenvalue weighted by Crippen LogP contribution is 2.39. The van der Waals surface area contributed by atoms with Crippen LogP contribution >= 0.6 is 11.6 Å². The summed E-state index contributed by atoms with van der Waals surface area (Å²) in [5, 5.41) is 11.6. The number of hydrogen-bond acceptors (Lipinski definition) is 5. The number of carbonyl (C=O) groups is 2. The van der Waals surface area contributed by atoms with Crippen molar-refractivity contribution in [2.45, 2.75) is 26.0 Å². The number of hydrogen-bond donors (Lipinski definition) is 1. The van der Waals surface area contributed by atoms with Crippen molar-refractivity contribution in [2.75, 3.05) is 27.2 Å². The fraction of sp³-hybridized carbons (Fsp3) is 0.333. The van der Waals surface area contributed by atoms with Crippen molar-refractivity contribution in [3.05, 3.63) is 70.3 Å². The smallest absolute Gasteiger partial charge is 0.295 e. The highest BCUT2D eigenvalue weighted by Gasteiger charge is 2.45. The van der Waals surface area contributed by atoms with E-state index in [1.165, 1.54) is 4.90 Å². The molecule has 1 heterocycles. The summed E-state index contributed by atoms with van der Waals surface area (Å²) in [6.07, 6.45) is 0.0198. The predicted octanol–water partition coefficient (Wildman–Crippen LogP) is 4.11. The lowest BCUT2D eigenvalue weighted by molar-refractivity contribution is -0.140. The minimum atomic E-state index is -0.696. The lowest BCUT2D eigenvalue weighted by atomic mass is 9.95. The molecule has 0 bridgehead atoms. The zero-order chi connectivity index (χ0) is 22.7. The number of halogens is 1. The first kappa shape index (κ1) is 22.8. The molecule has 6 nitrogen and oxygen atoms in total. The van der Waals surface area contributed by atoms with Crippen LogP contribution < -0.4 is 4.74 Å². The topological polar surface area (TPSA) is 70.1 Å². The minimum absolute atomic E-state index is 0.0198. The Balaban J connectivity index is 2.06. The number of rotatable bonds is 7. The summed E-state index contributed by atoms with van der Waals surface area (Å²) in [7, 11) is 3.79. The normalized spacial score (nSPS) is 18.3. The largest absolute Gasteiger partial charge is 0.507 e. The van der Waals surface area contributed by atoms with Gasteiger partial charge >= 0.3 is 0 Å². The molecule has 31 heavy (non-hydrogen) atoms. The third-order valence-electron chi connectivity index (χ3n) is 5.01. The molecule has 1 amide bonds. The van der Waals surface area contributed by atoms with E-state index in [4.69, 9.17) is 16.3 Å². The van der Waals surface area contributed by atoms with Gasteiger partial charge in [-0.25, -0.2) is 0 Å². The second kappa shape index (κ2) is 9.54. The van der Waals surface area contributed by atoms with E-state index in [1.807, 2.05) is 32.8 Å². The van der Waals surface area contributed by atoms with Gasteiger partial charge in [-0.05, 0) is 69.9 Å². The van der Waals surface area contributed by atoms with Crippen molar-refractivity contribution in [3.63, 3.8) is 0 Å². The fourth-order valence-electron chi connectivity index (χ4n) is 3.53. The van der Waals surface area contributed by atoms with Crippen molar-refractivity contribution < 1.29 is 19.4 Å².